The molecular formula is C10H11N5O4S2. The molecule has 1 aromatic heterocycles. The summed E-state index contributed by atoms with van der Waals surface area (Å²) in [5.41, 5.74) is 2.80. The van der Waals surface area contributed by atoms with Crippen LogP contribution < -0.4 is 10.7 Å². The lowest BCUT2D eigenvalue weighted by molar-refractivity contribution is 0.296. The van der Waals surface area contributed by atoms with E-state index in [9.17, 15) is 16.8 Å². The molecule has 21 heavy (non-hydrogen) atoms. The van der Waals surface area contributed by atoms with Crippen molar-refractivity contribution < 1.29 is 16.8 Å². The number of hydrogen-bond acceptors (Lipinski definition) is 5. The first-order valence-electron chi connectivity index (χ1n) is 5.67. The molecule has 112 valence electrons. The molecule has 2 aromatic rings. The Kier molecular flexibility index (Phi) is 2.95. The van der Waals surface area contributed by atoms with Gasteiger partial charge in [-0.1, -0.05) is 18.2 Å². The van der Waals surface area contributed by atoms with Crippen LogP contribution in [0.4, 0.5) is 0 Å². The van der Waals surface area contributed by atoms with Crippen molar-refractivity contribution in [3.8, 4) is 0 Å². The van der Waals surface area contributed by atoms with Crippen LogP contribution in [0.3, 0.4) is 0 Å². The molecule has 0 aliphatic carbocycles. The van der Waals surface area contributed by atoms with Crippen LogP contribution in [0.25, 0.3) is 10.9 Å². The molecule has 11 heteroatoms. The van der Waals surface area contributed by atoms with Crippen molar-refractivity contribution in [1.82, 2.24) is 19.3 Å². The smallest absolute Gasteiger partial charge is 0.313 e. The average molecular weight is 329 g/mol. The maximum absolute atomic E-state index is 12.4. The second-order valence-electron chi connectivity index (χ2n) is 4.26. The van der Waals surface area contributed by atoms with Crippen molar-refractivity contribution in [2.45, 2.75) is 5.03 Å². The van der Waals surface area contributed by atoms with Crippen molar-refractivity contribution in [3.05, 3.63) is 42.7 Å². The Bertz CT molecular complexity index is 898. The number of nitrogens with two attached hydrogens (primary N) is 1. The quantitative estimate of drug-likeness (QED) is 0.704. The number of H-pyrrole nitrogens is 1. The first-order valence-corrected chi connectivity index (χ1v) is 8.62. The van der Waals surface area contributed by atoms with Gasteiger partial charge >= 0.3 is 10.2 Å². The highest BCUT2D eigenvalue weighted by molar-refractivity contribution is 7.89. The third-order valence-electron chi connectivity index (χ3n) is 2.85. The Hall–Kier alpha value is -2.08. The van der Waals surface area contributed by atoms with E-state index < -0.39 is 20.2 Å². The lowest BCUT2D eigenvalue weighted by Gasteiger charge is -2.19. The van der Waals surface area contributed by atoms with Gasteiger partial charge in [-0.25, -0.2) is 5.14 Å². The fourth-order valence-corrected chi connectivity index (χ4v) is 3.47. The van der Waals surface area contributed by atoms with Gasteiger partial charge in [-0.05, 0) is 12.1 Å². The van der Waals surface area contributed by atoms with E-state index in [1.807, 2.05) is 0 Å². The summed E-state index contributed by atoms with van der Waals surface area (Å²) in [5, 5.41) is 5.55. The molecule has 0 spiro atoms. The number of aromatic nitrogens is 1. The number of benzene rings is 1. The maximum Gasteiger partial charge on any atom is 0.313 e. The number of para-hydroxylation sites is 1. The highest BCUT2D eigenvalue weighted by atomic mass is 32.2. The van der Waals surface area contributed by atoms with E-state index in [0.29, 0.717) is 14.3 Å². The predicted octanol–water partition coefficient (Wildman–Crippen LogP) is -0.431. The number of nitrogens with zero attached hydrogens (tertiary/aromatic N) is 2. The molecule has 4 N–H and O–H groups in total. The summed E-state index contributed by atoms with van der Waals surface area (Å²) in [5.74, 6) is 0. The van der Waals surface area contributed by atoms with Crippen LogP contribution >= 0.6 is 0 Å². The van der Waals surface area contributed by atoms with Crippen molar-refractivity contribution in [2.24, 2.45) is 5.14 Å². The topological polar surface area (TPSA) is 129 Å². The lowest BCUT2D eigenvalue weighted by Crippen LogP contribution is -2.47. The average Bonchev–Trinajstić information content (AvgIpc) is 3.05. The first kappa shape index (κ1) is 13.9. The number of aromatic amines is 1. The predicted molar refractivity (Wildman–Crippen MR) is 74.5 cm³/mol. The van der Waals surface area contributed by atoms with E-state index in [4.69, 9.17) is 5.14 Å². The maximum atomic E-state index is 12.4. The zero-order valence-corrected chi connectivity index (χ0v) is 12.1. The number of fused-ring (bicyclic) bond motifs is 1. The highest BCUT2D eigenvalue weighted by Crippen LogP contribution is 2.22. The minimum atomic E-state index is -4.08. The molecule has 9 nitrogen and oxygen atoms in total. The van der Waals surface area contributed by atoms with Gasteiger partial charge in [0.15, 0.2) is 5.03 Å². The van der Waals surface area contributed by atoms with Gasteiger partial charge in [-0.3, -0.25) is 0 Å². The van der Waals surface area contributed by atoms with Crippen LogP contribution in [0.5, 0.6) is 0 Å². The molecule has 0 atom stereocenters. The molecule has 0 fully saturated rings. The molecule has 0 unspecified atom stereocenters. The third kappa shape index (κ3) is 2.35. The van der Waals surface area contributed by atoms with E-state index in [-0.39, 0.29) is 5.03 Å². The molecule has 0 bridgehead atoms. The minimum absolute atomic E-state index is 0.0721. The van der Waals surface area contributed by atoms with Gasteiger partial charge in [-0.15, -0.1) is 5.53 Å². The first-order chi connectivity index (χ1) is 9.78. The fraction of sp³-hybridized carbons (Fsp3) is 0. The summed E-state index contributed by atoms with van der Waals surface area (Å²) in [7, 11) is -8.06. The largest absolute Gasteiger partial charge is 0.344 e. The van der Waals surface area contributed by atoms with Crippen molar-refractivity contribution in [2.75, 3.05) is 0 Å². The highest BCUT2D eigenvalue weighted by Gasteiger charge is 2.31. The zero-order valence-electron chi connectivity index (χ0n) is 10.5. The summed E-state index contributed by atoms with van der Waals surface area (Å²) in [6.45, 7) is 0. The van der Waals surface area contributed by atoms with Crippen LogP contribution in [0.1, 0.15) is 0 Å². The van der Waals surface area contributed by atoms with Crippen molar-refractivity contribution in [1.29, 1.82) is 0 Å². The molecular weight excluding hydrogens is 318 g/mol. The van der Waals surface area contributed by atoms with E-state index in [2.05, 4.69) is 10.5 Å². The third-order valence-corrected chi connectivity index (χ3v) is 5.10. The SMILES string of the molecule is NS(=O)(=O)N1C=CN(S(=O)(=O)c2cc3ccccc3[nH]2)N1. The summed E-state index contributed by atoms with van der Waals surface area (Å²) in [6, 6.07) is 8.50. The Labute approximate surface area is 120 Å². The van der Waals surface area contributed by atoms with Crippen LogP contribution in [0.15, 0.2) is 47.8 Å². The number of nitrogens with one attached hydrogen (secondary N) is 2. The molecule has 0 radical (unpaired) electrons. The summed E-state index contributed by atoms with van der Waals surface area (Å²) < 4.78 is 48.2. The standard InChI is InChI=1S/C10H11N5O4S2/c11-21(18,19)15-6-5-14(13-15)20(16,17)10-7-8-3-1-2-4-9(8)12-10/h1-7,12-13H,(H2,11,18,19). The molecule has 1 aromatic carbocycles. The number of hydrogen-bond donors (Lipinski definition) is 3. The molecule has 1 aliphatic rings. The van der Waals surface area contributed by atoms with Gasteiger partial charge in [0, 0.05) is 10.9 Å². The second-order valence-corrected chi connectivity index (χ2v) is 7.47. The van der Waals surface area contributed by atoms with E-state index >= 15 is 0 Å². The Morgan fingerprint density at radius 2 is 1.67 bits per heavy atom. The van der Waals surface area contributed by atoms with Gasteiger partial charge in [0.25, 0.3) is 10.0 Å². The van der Waals surface area contributed by atoms with Crippen LogP contribution in [-0.2, 0) is 20.2 Å². The lowest BCUT2D eigenvalue weighted by atomic mass is 10.3. The molecule has 2 heterocycles. The van der Waals surface area contributed by atoms with Gasteiger partial charge in [-0.2, -0.15) is 25.7 Å². The van der Waals surface area contributed by atoms with E-state index in [1.165, 1.54) is 6.07 Å². The Balaban J connectivity index is 1.97. The second kappa shape index (κ2) is 4.46. The summed E-state index contributed by atoms with van der Waals surface area (Å²) in [4.78, 5) is 2.76. The normalized spacial score (nSPS) is 16.0. The number of sulfonamides is 1. The molecule has 0 saturated heterocycles. The van der Waals surface area contributed by atoms with Crippen LogP contribution in [-0.4, -0.2) is 30.6 Å². The van der Waals surface area contributed by atoms with Crippen molar-refractivity contribution in [3.63, 3.8) is 0 Å². The molecule has 3 rings (SSSR count). The zero-order chi connectivity index (χ0) is 15.3. The Morgan fingerprint density at radius 3 is 2.29 bits per heavy atom. The monoisotopic (exact) mass is 329 g/mol. The van der Waals surface area contributed by atoms with Gasteiger partial charge in [0.1, 0.15) is 0 Å². The Morgan fingerprint density at radius 1 is 1.00 bits per heavy atom. The van der Waals surface area contributed by atoms with E-state index in [1.54, 1.807) is 24.3 Å². The van der Waals surface area contributed by atoms with Crippen LogP contribution in [0, 0.1) is 0 Å². The molecule has 0 amide bonds. The van der Waals surface area contributed by atoms with Gasteiger partial charge in [0.05, 0.1) is 12.4 Å². The van der Waals surface area contributed by atoms with Crippen molar-refractivity contribution >= 4 is 31.1 Å². The van der Waals surface area contributed by atoms with Crippen LogP contribution in [0.2, 0.25) is 0 Å². The summed E-state index contributed by atoms with van der Waals surface area (Å²) >= 11 is 0. The number of hydrazine groups is 2. The minimum Gasteiger partial charge on any atom is -0.344 e. The van der Waals surface area contributed by atoms with Gasteiger partial charge in [0.2, 0.25) is 0 Å². The fourth-order valence-electron chi connectivity index (χ4n) is 1.85. The summed E-state index contributed by atoms with van der Waals surface area (Å²) in [6.07, 6.45) is 2.04. The van der Waals surface area contributed by atoms with E-state index in [0.717, 1.165) is 17.8 Å². The molecule has 0 saturated carbocycles. The molecule has 1 aliphatic heterocycles. The van der Waals surface area contributed by atoms with Gasteiger partial charge < -0.3 is 4.98 Å². The number of rotatable bonds is 3.